The highest BCUT2D eigenvalue weighted by molar-refractivity contribution is 5.79. The third kappa shape index (κ3) is 7.38. The van der Waals surface area contributed by atoms with E-state index in [4.69, 9.17) is 14.1 Å². The zero-order valence-corrected chi connectivity index (χ0v) is 16.7. The lowest BCUT2D eigenvalue weighted by molar-refractivity contribution is 0.114. The van der Waals surface area contributed by atoms with Crippen molar-refractivity contribution in [3.05, 3.63) is 24.2 Å². The van der Waals surface area contributed by atoms with Gasteiger partial charge in [-0.25, -0.2) is 0 Å². The number of hydrogen-bond donors (Lipinski definition) is 2. The van der Waals surface area contributed by atoms with Crippen LogP contribution in [0.25, 0.3) is 0 Å². The second kappa shape index (κ2) is 12.0. The number of piperidine rings is 1. The van der Waals surface area contributed by atoms with Crippen LogP contribution in [-0.4, -0.2) is 56.8 Å². The SMILES string of the molecule is CCNC(=NCC(c1ccco1)N1CCCCC1)NCCOCC(C)C. The summed E-state index contributed by atoms with van der Waals surface area (Å²) in [6.07, 6.45) is 5.59. The van der Waals surface area contributed by atoms with Gasteiger partial charge < -0.3 is 19.8 Å². The monoisotopic (exact) mass is 364 g/mol. The van der Waals surface area contributed by atoms with Gasteiger partial charge in [0.1, 0.15) is 5.76 Å². The standard InChI is InChI=1S/C20H36N4O2/c1-4-21-20(22-10-14-25-16-17(2)3)23-15-18(19-9-8-13-26-19)24-11-6-5-7-12-24/h8-9,13,17-18H,4-7,10-12,14-16H2,1-3H3,(H2,21,22,23). The predicted molar refractivity (Wildman–Crippen MR) is 107 cm³/mol. The normalized spacial score (nSPS) is 17.5. The number of furan rings is 1. The minimum Gasteiger partial charge on any atom is -0.468 e. The number of guanidine groups is 1. The van der Waals surface area contributed by atoms with E-state index in [9.17, 15) is 0 Å². The topological polar surface area (TPSA) is 62.0 Å². The summed E-state index contributed by atoms with van der Waals surface area (Å²) in [5.41, 5.74) is 0. The van der Waals surface area contributed by atoms with Gasteiger partial charge in [-0.05, 0) is 50.9 Å². The molecule has 0 saturated carbocycles. The second-order valence-electron chi connectivity index (χ2n) is 7.24. The van der Waals surface area contributed by atoms with Gasteiger partial charge in [0.2, 0.25) is 0 Å². The Balaban J connectivity index is 1.90. The lowest BCUT2D eigenvalue weighted by Gasteiger charge is -2.32. The number of nitrogens with zero attached hydrogens (tertiary/aromatic N) is 2. The molecular formula is C20H36N4O2. The van der Waals surface area contributed by atoms with Gasteiger partial charge in [-0.3, -0.25) is 9.89 Å². The summed E-state index contributed by atoms with van der Waals surface area (Å²) in [6, 6.07) is 4.23. The van der Waals surface area contributed by atoms with Gasteiger partial charge in [0.15, 0.2) is 5.96 Å². The molecule has 0 amide bonds. The Bertz CT molecular complexity index is 496. The molecule has 1 fully saturated rings. The van der Waals surface area contributed by atoms with Crippen molar-refractivity contribution in [2.24, 2.45) is 10.9 Å². The minimum atomic E-state index is 0.206. The van der Waals surface area contributed by atoms with Crippen LogP contribution in [0.5, 0.6) is 0 Å². The zero-order valence-electron chi connectivity index (χ0n) is 16.7. The van der Waals surface area contributed by atoms with Gasteiger partial charge in [-0.2, -0.15) is 0 Å². The Kier molecular flexibility index (Phi) is 9.56. The van der Waals surface area contributed by atoms with E-state index in [0.717, 1.165) is 44.5 Å². The molecule has 0 radical (unpaired) electrons. The van der Waals surface area contributed by atoms with Crippen LogP contribution in [-0.2, 0) is 4.74 Å². The van der Waals surface area contributed by atoms with Crippen LogP contribution in [0.1, 0.15) is 51.8 Å². The lowest BCUT2D eigenvalue weighted by Crippen LogP contribution is -2.40. The summed E-state index contributed by atoms with van der Waals surface area (Å²) in [7, 11) is 0. The highest BCUT2D eigenvalue weighted by Crippen LogP contribution is 2.25. The number of rotatable bonds is 10. The maximum atomic E-state index is 5.70. The average Bonchev–Trinajstić information content (AvgIpc) is 3.16. The molecule has 1 atom stereocenters. The molecule has 148 valence electrons. The van der Waals surface area contributed by atoms with Crippen molar-refractivity contribution in [3.8, 4) is 0 Å². The quantitative estimate of drug-likeness (QED) is 0.380. The van der Waals surface area contributed by atoms with E-state index < -0.39 is 0 Å². The number of likely N-dealkylation sites (tertiary alicyclic amines) is 1. The van der Waals surface area contributed by atoms with E-state index in [0.29, 0.717) is 19.1 Å². The van der Waals surface area contributed by atoms with Crippen molar-refractivity contribution >= 4 is 5.96 Å². The number of hydrogen-bond acceptors (Lipinski definition) is 4. The van der Waals surface area contributed by atoms with Crippen LogP contribution < -0.4 is 10.6 Å². The highest BCUT2D eigenvalue weighted by atomic mass is 16.5. The first-order chi connectivity index (χ1) is 12.7. The lowest BCUT2D eigenvalue weighted by atomic mass is 10.1. The minimum absolute atomic E-state index is 0.206. The van der Waals surface area contributed by atoms with Crippen LogP contribution in [0.3, 0.4) is 0 Å². The van der Waals surface area contributed by atoms with E-state index in [-0.39, 0.29) is 6.04 Å². The van der Waals surface area contributed by atoms with Gasteiger partial charge in [0.25, 0.3) is 0 Å². The van der Waals surface area contributed by atoms with Crippen molar-refractivity contribution < 1.29 is 9.15 Å². The fourth-order valence-electron chi connectivity index (χ4n) is 3.18. The molecule has 0 aromatic carbocycles. The fourth-order valence-corrected chi connectivity index (χ4v) is 3.18. The number of aliphatic imine (C=N–C) groups is 1. The van der Waals surface area contributed by atoms with E-state index in [1.165, 1.54) is 19.3 Å². The molecule has 1 unspecified atom stereocenters. The van der Waals surface area contributed by atoms with Crippen molar-refractivity contribution in [3.63, 3.8) is 0 Å². The molecule has 2 heterocycles. The number of nitrogens with one attached hydrogen (secondary N) is 2. The molecule has 0 spiro atoms. The Hall–Kier alpha value is -1.53. The van der Waals surface area contributed by atoms with Gasteiger partial charge in [-0.1, -0.05) is 20.3 Å². The Labute approximate surface area is 158 Å². The maximum Gasteiger partial charge on any atom is 0.191 e. The van der Waals surface area contributed by atoms with E-state index >= 15 is 0 Å². The van der Waals surface area contributed by atoms with Crippen LogP contribution in [0.4, 0.5) is 0 Å². The smallest absolute Gasteiger partial charge is 0.191 e. The molecular weight excluding hydrogens is 328 g/mol. The molecule has 2 rings (SSSR count). The van der Waals surface area contributed by atoms with Crippen molar-refractivity contribution in [2.45, 2.75) is 46.1 Å². The van der Waals surface area contributed by atoms with Crippen LogP contribution >= 0.6 is 0 Å². The highest BCUT2D eigenvalue weighted by Gasteiger charge is 2.24. The summed E-state index contributed by atoms with van der Waals surface area (Å²) in [4.78, 5) is 7.32. The first kappa shape index (κ1) is 20.8. The van der Waals surface area contributed by atoms with E-state index in [1.54, 1.807) is 6.26 Å². The molecule has 6 nitrogen and oxygen atoms in total. The second-order valence-corrected chi connectivity index (χ2v) is 7.24. The van der Waals surface area contributed by atoms with Gasteiger partial charge in [0.05, 0.1) is 25.5 Å². The van der Waals surface area contributed by atoms with Crippen molar-refractivity contribution in [2.75, 3.05) is 45.9 Å². The molecule has 1 aliphatic heterocycles. The fraction of sp³-hybridized carbons (Fsp3) is 0.750. The molecule has 1 aliphatic rings. The first-order valence-electron chi connectivity index (χ1n) is 10.1. The first-order valence-corrected chi connectivity index (χ1v) is 10.1. The molecule has 1 saturated heterocycles. The van der Waals surface area contributed by atoms with Gasteiger partial charge >= 0.3 is 0 Å². The molecule has 1 aromatic heterocycles. The van der Waals surface area contributed by atoms with Crippen molar-refractivity contribution in [1.82, 2.24) is 15.5 Å². The van der Waals surface area contributed by atoms with E-state index in [2.05, 4.69) is 42.4 Å². The Morgan fingerprint density at radius 1 is 1.27 bits per heavy atom. The summed E-state index contributed by atoms with van der Waals surface area (Å²) >= 11 is 0. The summed E-state index contributed by atoms with van der Waals surface area (Å²) < 4.78 is 11.3. The third-order valence-electron chi connectivity index (χ3n) is 4.46. The Morgan fingerprint density at radius 2 is 2.08 bits per heavy atom. The molecule has 1 aromatic rings. The van der Waals surface area contributed by atoms with Gasteiger partial charge in [-0.15, -0.1) is 0 Å². The maximum absolute atomic E-state index is 5.70. The summed E-state index contributed by atoms with van der Waals surface area (Å²) in [5, 5.41) is 6.68. The summed E-state index contributed by atoms with van der Waals surface area (Å²) in [5.74, 6) is 2.41. The zero-order chi connectivity index (χ0) is 18.6. The third-order valence-corrected chi connectivity index (χ3v) is 4.46. The van der Waals surface area contributed by atoms with Crippen LogP contribution in [0.2, 0.25) is 0 Å². The van der Waals surface area contributed by atoms with E-state index in [1.807, 2.05) is 6.07 Å². The predicted octanol–water partition coefficient (Wildman–Crippen LogP) is 3.03. The molecule has 0 bridgehead atoms. The van der Waals surface area contributed by atoms with Gasteiger partial charge in [0, 0.05) is 19.7 Å². The Morgan fingerprint density at radius 3 is 2.73 bits per heavy atom. The van der Waals surface area contributed by atoms with Crippen LogP contribution in [0.15, 0.2) is 27.8 Å². The van der Waals surface area contributed by atoms with Crippen molar-refractivity contribution in [1.29, 1.82) is 0 Å². The van der Waals surface area contributed by atoms with Crippen LogP contribution in [0, 0.1) is 5.92 Å². The average molecular weight is 365 g/mol. The summed E-state index contributed by atoms with van der Waals surface area (Å²) in [6.45, 7) is 12.4. The molecule has 2 N–H and O–H groups in total. The molecule has 26 heavy (non-hydrogen) atoms. The largest absolute Gasteiger partial charge is 0.468 e. The molecule has 6 heteroatoms. The molecule has 0 aliphatic carbocycles. The number of ether oxygens (including phenoxy) is 1.